The Morgan fingerprint density at radius 3 is 1.64 bits per heavy atom. The van der Waals surface area contributed by atoms with E-state index in [1.807, 2.05) is 0 Å². The van der Waals surface area contributed by atoms with Gasteiger partial charge in [-0.1, -0.05) is 146 Å². The zero-order valence-corrected chi connectivity index (χ0v) is 24.4. The zero-order valence-electron chi connectivity index (χ0n) is 24.4. The number of furan rings is 1. The summed E-state index contributed by atoms with van der Waals surface area (Å²) in [6, 6.07) is 57.3. The monoisotopic (exact) mass is 570 g/mol. The maximum Gasteiger partial charge on any atom is 0.143 e. The summed E-state index contributed by atoms with van der Waals surface area (Å²) in [5.41, 5.74) is 9.19. The summed E-state index contributed by atoms with van der Waals surface area (Å²) in [4.78, 5) is 0. The van der Waals surface area contributed by atoms with E-state index in [-0.39, 0.29) is 0 Å². The first kappa shape index (κ1) is 24.5. The van der Waals surface area contributed by atoms with E-state index >= 15 is 0 Å². The van der Waals surface area contributed by atoms with Gasteiger partial charge in [-0.05, 0) is 83.0 Å². The first-order chi connectivity index (χ1) is 22.3. The van der Waals surface area contributed by atoms with Gasteiger partial charge in [0.25, 0.3) is 0 Å². The smallest absolute Gasteiger partial charge is 0.143 e. The molecule has 0 atom stereocenters. The molecule has 0 radical (unpaired) electrons. The van der Waals surface area contributed by atoms with Gasteiger partial charge in [0, 0.05) is 16.3 Å². The van der Waals surface area contributed by atoms with Gasteiger partial charge in [0.15, 0.2) is 0 Å². The van der Waals surface area contributed by atoms with Crippen LogP contribution in [0.15, 0.2) is 162 Å². The molecule has 0 saturated heterocycles. The van der Waals surface area contributed by atoms with Gasteiger partial charge in [0.1, 0.15) is 11.2 Å². The van der Waals surface area contributed by atoms with Gasteiger partial charge in [0.2, 0.25) is 0 Å². The SMILES string of the molecule is c1ccc(-c2cc(-c3c4ccccc4c(-c4cccc5ccccc45)c4ccccc34)c3ccc4cccc5oc2c3c45)cc1. The summed E-state index contributed by atoms with van der Waals surface area (Å²) < 4.78 is 6.68. The predicted octanol–water partition coefficient (Wildman–Crippen LogP) is 12.6. The van der Waals surface area contributed by atoms with Crippen LogP contribution in [0.2, 0.25) is 0 Å². The molecule has 0 N–H and O–H groups in total. The lowest BCUT2D eigenvalue weighted by Crippen LogP contribution is -1.93. The maximum absolute atomic E-state index is 6.68. The Kier molecular flexibility index (Phi) is 5.06. The highest BCUT2D eigenvalue weighted by Crippen LogP contribution is 2.50. The fourth-order valence-electron chi connectivity index (χ4n) is 7.72. The van der Waals surface area contributed by atoms with Crippen molar-refractivity contribution < 1.29 is 4.42 Å². The molecular formula is C44H26O. The van der Waals surface area contributed by atoms with E-state index in [1.165, 1.54) is 76.1 Å². The molecular weight excluding hydrogens is 544 g/mol. The Morgan fingerprint density at radius 2 is 0.911 bits per heavy atom. The quantitative estimate of drug-likeness (QED) is 0.152. The first-order valence-corrected chi connectivity index (χ1v) is 15.5. The molecule has 0 aliphatic carbocycles. The molecule has 0 spiro atoms. The van der Waals surface area contributed by atoms with Crippen LogP contribution in [-0.2, 0) is 0 Å². The first-order valence-electron chi connectivity index (χ1n) is 15.5. The molecule has 1 nitrogen and oxygen atoms in total. The fourth-order valence-corrected chi connectivity index (χ4v) is 7.72. The summed E-state index contributed by atoms with van der Waals surface area (Å²) in [6.07, 6.45) is 0. The van der Waals surface area contributed by atoms with Crippen LogP contribution in [0, 0.1) is 0 Å². The average Bonchev–Trinajstić information content (AvgIpc) is 3.50. The molecule has 9 aromatic carbocycles. The van der Waals surface area contributed by atoms with Crippen LogP contribution < -0.4 is 0 Å². The third-order valence-corrected chi connectivity index (χ3v) is 9.61. The van der Waals surface area contributed by atoms with Gasteiger partial charge < -0.3 is 4.42 Å². The molecule has 1 aromatic heterocycles. The van der Waals surface area contributed by atoms with Crippen molar-refractivity contribution in [2.75, 3.05) is 0 Å². The molecule has 1 heteroatoms. The highest BCUT2D eigenvalue weighted by atomic mass is 16.3. The van der Waals surface area contributed by atoms with Crippen molar-refractivity contribution in [3.8, 4) is 33.4 Å². The summed E-state index contributed by atoms with van der Waals surface area (Å²) in [7, 11) is 0. The van der Waals surface area contributed by atoms with Crippen molar-refractivity contribution in [1.29, 1.82) is 0 Å². The second-order valence-electron chi connectivity index (χ2n) is 12.0. The lowest BCUT2D eigenvalue weighted by molar-refractivity contribution is 0.670. The molecule has 0 bridgehead atoms. The van der Waals surface area contributed by atoms with Gasteiger partial charge in [-0.25, -0.2) is 0 Å². The second-order valence-corrected chi connectivity index (χ2v) is 12.0. The Morgan fingerprint density at radius 1 is 0.333 bits per heavy atom. The van der Waals surface area contributed by atoms with Crippen molar-refractivity contribution in [2.45, 2.75) is 0 Å². The Balaban J connectivity index is 1.41. The molecule has 0 unspecified atom stereocenters. The van der Waals surface area contributed by atoms with E-state index in [0.29, 0.717) is 0 Å². The normalized spacial score (nSPS) is 12.0. The molecule has 0 saturated carbocycles. The lowest BCUT2D eigenvalue weighted by Gasteiger charge is -2.20. The van der Waals surface area contributed by atoms with Gasteiger partial charge in [0.05, 0.1) is 0 Å². The lowest BCUT2D eigenvalue weighted by atomic mass is 9.82. The minimum atomic E-state index is 0.934. The number of hydrogen-bond acceptors (Lipinski definition) is 1. The van der Waals surface area contributed by atoms with E-state index < -0.39 is 0 Å². The van der Waals surface area contributed by atoms with Gasteiger partial charge in [-0.15, -0.1) is 0 Å². The van der Waals surface area contributed by atoms with E-state index in [4.69, 9.17) is 4.42 Å². The Hall–Kier alpha value is -5.92. The highest BCUT2D eigenvalue weighted by molar-refractivity contribution is 6.31. The van der Waals surface area contributed by atoms with Gasteiger partial charge in [-0.2, -0.15) is 0 Å². The fraction of sp³-hybridized carbons (Fsp3) is 0. The van der Waals surface area contributed by atoms with Crippen molar-refractivity contribution in [3.05, 3.63) is 158 Å². The molecule has 45 heavy (non-hydrogen) atoms. The molecule has 0 fully saturated rings. The molecule has 0 aliphatic rings. The predicted molar refractivity (Wildman–Crippen MR) is 191 cm³/mol. The number of fused-ring (bicyclic) bond motifs is 3. The zero-order chi connectivity index (χ0) is 29.5. The number of benzene rings is 9. The third-order valence-electron chi connectivity index (χ3n) is 9.61. The van der Waals surface area contributed by atoms with Gasteiger partial charge >= 0.3 is 0 Å². The van der Waals surface area contributed by atoms with Crippen LogP contribution in [0.4, 0.5) is 0 Å². The maximum atomic E-state index is 6.68. The number of hydrogen-bond donors (Lipinski definition) is 0. The molecule has 10 rings (SSSR count). The Labute approximate surface area is 259 Å². The molecule has 0 aliphatic heterocycles. The minimum Gasteiger partial charge on any atom is -0.455 e. The summed E-state index contributed by atoms with van der Waals surface area (Å²) in [5, 5.41) is 12.4. The summed E-state index contributed by atoms with van der Waals surface area (Å²) in [6.45, 7) is 0. The molecule has 1 heterocycles. The van der Waals surface area contributed by atoms with Crippen molar-refractivity contribution >= 4 is 65.0 Å². The second kappa shape index (κ2) is 9.29. The van der Waals surface area contributed by atoms with E-state index in [2.05, 4.69) is 158 Å². The van der Waals surface area contributed by atoms with Crippen molar-refractivity contribution in [1.82, 2.24) is 0 Å². The minimum absolute atomic E-state index is 0.934. The van der Waals surface area contributed by atoms with Crippen LogP contribution in [0.25, 0.3) is 98.4 Å². The van der Waals surface area contributed by atoms with E-state index in [9.17, 15) is 0 Å². The van der Waals surface area contributed by atoms with E-state index in [0.717, 1.165) is 22.3 Å². The third kappa shape index (κ3) is 3.44. The van der Waals surface area contributed by atoms with Crippen LogP contribution in [-0.4, -0.2) is 0 Å². The highest BCUT2D eigenvalue weighted by Gasteiger charge is 2.24. The van der Waals surface area contributed by atoms with Crippen LogP contribution in [0.5, 0.6) is 0 Å². The summed E-state index contributed by atoms with van der Waals surface area (Å²) >= 11 is 0. The Bertz CT molecular complexity index is 2680. The molecule has 208 valence electrons. The van der Waals surface area contributed by atoms with E-state index in [1.54, 1.807) is 0 Å². The standard InChI is InChI=1S/C44H26O/c1-2-12-28(13-3-1)37-26-38(36-25-24-29-16-11-23-39-40(29)43(36)44(37)45-39)42-34-20-8-6-18-32(34)41(33-19-7-9-21-35(33)42)31-22-10-15-27-14-4-5-17-30(27)31/h1-26H. The largest absolute Gasteiger partial charge is 0.455 e. The number of rotatable bonds is 3. The molecule has 0 amide bonds. The van der Waals surface area contributed by atoms with Gasteiger partial charge in [-0.3, -0.25) is 0 Å². The van der Waals surface area contributed by atoms with Crippen LogP contribution >= 0.6 is 0 Å². The summed E-state index contributed by atoms with van der Waals surface area (Å²) in [5.74, 6) is 0. The van der Waals surface area contributed by atoms with Crippen LogP contribution in [0.3, 0.4) is 0 Å². The van der Waals surface area contributed by atoms with Crippen LogP contribution in [0.1, 0.15) is 0 Å². The average molecular weight is 571 g/mol. The van der Waals surface area contributed by atoms with Crippen molar-refractivity contribution in [3.63, 3.8) is 0 Å². The van der Waals surface area contributed by atoms with Crippen molar-refractivity contribution in [2.24, 2.45) is 0 Å². The molecule has 10 aromatic rings. The topological polar surface area (TPSA) is 13.1 Å².